The lowest BCUT2D eigenvalue weighted by Crippen LogP contribution is -2.35. The van der Waals surface area contributed by atoms with E-state index in [1.807, 2.05) is 0 Å². The molecule has 0 fully saturated rings. The van der Waals surface area contributed by atoms with Crippen molar-refractivity contribution in [1.29, 1.82) is 0 Å². The molecule has 0 radical (unpaired) electrons. The van der Waals surface area contributed by atoms with Crippen LogP contribution in [0.15, 0.2) is 53.4 Å². The molecule has 0 atom stereocenters. The van der Waals surface area contributed by atoms with Crippen molar-refractivity contribution in [3.8, 4) is 5.75 Å². The minimum Gasteiger partial charge on any atom is -0.497 e. The molecule has 2 aromatic carbocycles. The Morgan fingerprint density at radius 2 is 1.82 bits per heavy atom. The summed E-state index contributed by atoms with van der Waals surface area (Å²) in [6.45, 7) is -0.173. The third-order valence-corrected chi connectivity index (χ3v) is 4.68. The lowest BCUT2D eigenvalue weighted by atomic mass is 10.2. The number of hydrogen-bond donors (Lipinski definition) is 1. The SMILES string of the molecule is COc1ccc(NC(=O)CN(C)C(=O)CSc2cccc(C(F)(F)F)c2)cc1. The van der Waals surface area contributed by atoms with Gasteiger partial charge in [-0.3, -0.25) is 9.59 Å². The number of nitrogens with zero attached hydrogens (tertiary/aromatic N) is 1. The minimum absolute atomic E-state index is 0.0758. The molecule has 0 spiro atoms. The van der Waals surface area contributed by atoms with Crippen LogP contribution in [0.1, 0.15) is 5.56 Å². The highest BCUT2D eigenvalue weighted by Gasteiger charge is 2.30. The van der Waals surface area contributed by atoms with Gasteiger partial charge in [0.15, 0.2) is 0 Å². The van der Waals surface area contributed by atoms with Gasteiger partial charge in [0.05, 0.1) is 25.0 Å². The number of thioether (sulfide) groups is 1. The Balaban J connectivity index is 1.84. The number of benzene rings is 2. The molecule has 2 rings (SSSR count). The molecule has 2 amide bonds. The number of nitrogens with one attached hydrogen (secondary N) is 1. The summed E-state index contributed by atoms with van der Waals surface area (Å²) in [6, 6.07) is 11.5. The molecular formula is C19H19F3N2O3S. The van der Waals surface area contributed by atoms with Gasteiger partial charge in [-0.15, -0.1) is 11.8 Å². The molecule has 1 N–H and O–H groups in total. The Labute approximate surface area is 164 Å². The molecule has 0 aromatic heterocycles. The smallest absolute Gasteiger partial charge is 0.416 e. The van der Waals surface area contributed by atoms with Gasteiger partial charge in [0.1, 0.15) is 5.75 Å². The van der Waals surface area contributed by atoms with Crippen LogP contribution in [0, 0.1) is 0 Å². The van der Waals surface area contributed by atoms with Gasteiger partial charge in [-0.2, -0.15) is 13.2 Å². The van der Waals surface area contributed by atoms with Gasteiger partial charge in [-0.1, -0.05) is 6.07 Å². The minimum atomic E-state index is -4.43. The van der Waals surface area contributed by atoms with Crippen molar-refractivity contribution in [2.45, 2.75) is 11.1 Å². The number of halogens is 3. The third-order valence-electron chi connectivity index (χ3n) is 3.70. The van der Waals surface area contributed by atoms with E-state index in [1.165, 1.54) is 31.2 Å². The Hall–Kier alpha value is -2.68. The molecule has 0 bridgehead atoms. The van der Waals surface area contributed by atoms with Crippen molar-refractivity contribution in [1.82, 2.24) is 4.90 Å². The second kappa shape index (κ2) is 9.50. The van der Waals surface area contributed by atoms with Gasteiger partial charge in [-0.05, 0) is 42.5 Å². The highest BCUT2D eigenvalue weighted by Crippen LogP contribution is 2.31. The Bertz CT molecular complexity index is 826. The summed E-state index contributed by atoms with van der Waals surface area (Å²) < 4.78 is 43.2. The number of carbonyl (C=O) groups is 2. The number of ether oxygens (including phenoxy) is 1. The largest absolute Gasteiger partial charge is 0.497 e. The van der Waals surface area contributed by atoms with E-state index in [0.29, 0.717) is 16.3 Å². The van der Waals surface area contributed by atoms with Crippen LogP contribution in [-0.4, -0.2) is 43.2 Å². The van der Waals surface area contributed by atoms with Crippen LogP contribution >= 0.6 is 11.8 Å². The molecular weight excluding hydrogens is 393 g/mol. The molecule has 0 aliphatic rings. The standard InChI is InChI=1S/C19H19F3N2O3S/c1-24(11-17(25)23-14-6-8-15(27-2)9-7-14)18(26)12-28-16-5-3-4-13(10-16)19(20,21)22/h3-10H,11-12H2,1-2H3,(H,23,25). The number of rotatable bonds is 7. The normalized spacial score (nSPS) is 11.0. The molecule has 28 heavy (non-hydrogen) atoms. The zero-order chi connectivity index (χ0) is 20.7. The zero-order valence-corrected chi connectivity index (χ0v) is 16.1. The molecule has 150 valence electrons. The summed E-state index contributed by atoms with van der Waals surface area (Å²) in [6.07, 6.45) is -4.43. The summed E-state index contributed by atoms with van der Waals surface area (Å²) in [7, 11) is 2.99. The predicted octanol–water partition coefficient (Wildman–Crippen LogP) is 3.90. The molecule has 0 aliphatic carbocycles. The maximum Gasteiger partial charge on any atom is 0.416 e. The highest BCUT2D eigenvalue weighted by atomic mass is 32.2. The molecule has 0 unspecified atom stereocenters. The highest BCUT2D eigenvalue weighted by molar-refractivity contribution is 8.00. The lowest BCUT2D eigenvalue weighted by Gasteiger charge is -2.17. The van der Waals surface area contributed by atoms with Gasteiger partial charge in [0.2, 0.25) is 11.8 Å². The maximum absolute atomic E-state index is 12.7. The van der Waals surface area contributed by atoms with E-state index >= 15 is 0 Å². The number of amides is 2. The number of hydrogen-bond acceptors (Lipinski definition) is 4. The van der Waals surface area contributed by atoms with Gasteiger partial charge < -0.3 is 15.0 Å². The van der Waals surface area contributed by atoms with Crippen LogP contribution in [0.25, 0.3) is 0 Å². The van der Waals surface area contributed by atoms with Gasteiger partial charge in [0, 0.05) is 17.6 Å². The summed E-state index contributed by atoms with van der Waals surface area (Å²) >= 11 is 0.985. The summed E-state index contributed by atoms with van der Waals surface area (Å²) in [5, 5.41) is 2.66. The molecule has 0 saturated carbocycles. The second-order valence-corrected chi connectivity index (χ2v) is 6.89. The fourth-order valence-corrected chi connectivity index (χ4v) is 3.09. The number of anilines is 1. The van der Waals surface area contributed by atoms with Gasteiger partial charge in [0.25, 0.3) is 0 Å². The van der Waals surface area contributed by atoms with Crippen molar-refractivity contribution in [3.05, 3.63) is 54.1 Å². The Morgan fingerprint density at radius 3 is 2.43 bits per heavy atom. The quantitative estimate of drug-likeness (QED) is 0.701. The van der Waals surface area contributed by atoms with Crippen molar-refractivity contribution in [3.63, 3.8) is 0 Å². The van der Waals surface area contributed by atoms with E-state index in [4.69, 9.17) is 4.74 Å². The second-order valence-electron chi connectivity index (χ2n) is 5.84. The average molecular weight is 412 g/mol. The van der Waals surface area contributed by atoms with Gasteiger partial charge in [-0.25, -0.2) is 0 Å². The maximum atomic E-state index is 12.7. The zero-order valence-electron chi connectivity index (χ0n) is 15.2. The van der Waals surface area contributed by atoms with Crippen LogP contribution in [0.4, 0.5) is 18.9 Å². The molecule has 0 heterocycles. The first-order chi connectivity index (χ1) is 13.2. The summed E-state index contributed by atoms with van der Waals surface area (Å²) in [5.41, 5.74) is -0.206. The van der Waals surface area contributed by atoms with Crippen molar-refractivity contribution >= 4 is 29.3 Å². The van der Waals surface area contributed by atoms with Gasteiger partial charge >= 0.3 is 6.18 Å². The van der Waals surface area contributed by atoms with E-state index in [0.717, 1.165) is 23.9 Å². The number of likely N-dealkylation sites (N-methyl/N-ethyl adjacent to an activating group) is 1. The van der Waals surface area contributed by atoms with Crippen molar-refractivity contribution < 1.29 is 27.5 Å². The molecule has 0 aliphatic heterocycles. The fourth-order valence-electron chi connectivity index (χ4n) is 2.20. The first-order valence-electron chi connectivity index (χ1n) is 8.17. The number of carbonyl (C=O) groups excluding carboxylic acids is 2. The summed E-state index contributed by atoms with van der Waals surface area (Å²) in [4.78, 5) is 25.8. The molecule has 0 saturated heterocycles. The molecule has 2 aromatic rings. The summed E-state index contributed by atoms with van der Waals surface area (Å²) in [5.74, 6) is -0.178. The predicted molar refractivity (Wildman–Crippen MR) is 101 cm³/mol. The Kier molecular flexibility index (Phi) is 7.33. The Morgan fingerprint density at radius 1 is 1.14 bits per heavy atom. The van der Waals surface area contributed by atoms with Crippen LogP contribution in [-0.2, 0) is 15.8 Å². The monoisotopic (exact) mass is 412 g/mol. The fraction of sp³-hybridized carbons (Fsp3) is 0.263. The van der Waals surface area contributed by atoms with Crippen LogP contribution in [0.2, 0.25) is 0 Å². The van der Waals surface area contributed by atoms with Crippen LogP contribution < -0.4 is 10.1 Å². The van der Waals surface area contributed by atoms with Crippen LogP contribution in [0.3, 0.4) is 0 Å². The first kappa shape index (κ1) is 21.6. The van der Waals surface area contributed by atoms with E-state index < -0.39 is 11.7 Å². The third kappa shape index (κ3) is 6.49. The first-order valence-corrected chi connectivity index (χ1v) is 9.15. The number of alkyl halides is 3. The topological polar surface area (TPSA) is 58.6 Å². The molecule has 9 heteroatoms. The average Bonchev–Trinajstić information content (AvgIpc) is 2.66. The lowest BCUT2D eigenvalue weighted by molar-refractivity contribution is -0.137. The molecule has 5 nitrogen and oxygen atoms in total. The van der Waals surface area contributed by atoms with E-state index in [2.05, 4.69) is 5.32 Å². The van der Waals surface area contributed by atoms with Crippen molar-refractivity contribution in [2.75, 3.05) is 31.8 Å². The van der Waals surface area contributed by atoms with Crippen LogP contribution in [0.5, 0.6) is 5.75 Å². The van der Waals surface area contributed by atoms with E-state index in [-0.39, 0.29) is 24.1 Å². The van der Waals surface area contributed by atoms with E-state index in [9.17, 15) is 22.8 Å². The van der Waals surface area contributed by atoms with E-state index in [1.54, 1.807) is 24.3 Å². The number of methoxy groups -OCH3 is 1. The van der Waals surface area contributed by atoms with Crippen molar-refractivity contribution in [2.24, 2.45) is 0 Å².